The lowest BCUT2D eigenvalue weighted by atomic mass is 10.2. The third kappa shape index (κ3) is 4.81. The first-order valence-corrected chi connectivity index (χ1v) is 9.71. The van der Waals surface area contributed by atoms with Gasteiger partial charge in [-0.15, -0.1) is 4.40 Å². The van der Waals surface area contributed by atoms with Gasteiger partial charge in [-0.25, -0.2) is 4.79 Å². The number of ether oxygens (including phenoxy) is 1. The quantitative estimate of drug-likeness (QED) is 0.372. The molecule has 0 spiro atoms. The van der Waals surface area contributed by atoms with Crippen molar-refractivity contribution in [2.45, 2.75) is 4.90 Å². The Morgan fingerprint density at radius 2 is 1.33 bits per heavy atom. The van der Waals surface area contributed by atoms with Crippen molar-refractivity contribution in [2.75, 3.05) is 0 Å². The maximum absolute atomic E-state index is 12.6. The number of halogens is 1. The van der Waals surface area contributed by atoms with Crippen molar-refractivity contribution in [2.24, 2.45) is 4.40 Å². The Labute approximate surface area is 162 Å². The third-order valence-corrected chi connectivity index (χ3v) is 5.06. The van der Waals surface area contributed by atoms with E-state index in [0.29, 0.717) is 10.6 Å². The molecule has 0 N–H and O–H groups in total. The Morgan fingerprint density at radius 1 is 0.778 bits per heavy atom. The lowest BCUT2D eigenvalue weighted by molar-refractivity contribution is 0.0718. The fourth-order valence-corrected chi connectivity index (χ4v) is 3.29. The van der Waals surface area contributed by atoms with Crippen molar-refractivity contribution in [3.05, 3.63) is 101 Å². The van der Waals surface area contributed by atoms with E-state index in [-0.39, 0.29) is 16.4 Å². The SMILES string of the molecule is O=C(O/C(=N/S(=O)(=O)c1ccccc1)c1ccccc1)c1ccc(Cl)cc1. The molecule has 0 amide bonds. The maximum atomic E-state index is 12.6. The molecule has 0 bridgehead atoms. The summed E-state index contributed by atoms with van der Waals surface area (Å²) in [6, 6.07) is 22.1. The first-order chi connectivity index (χ1) is 13.0. The predicted molar refractivity (Wildman–Crippen MR) is 103 cm³/mol. The molecule has 0 aliphatic rings. The number of hydrogen-bond acceptors (Lipinski definition) is 4. The van der Waals surface area contributed by atoms with Crippen molar-refractivity contribution < 1.29 is 17.9 Å². The molecule has 0 fully saturated rings. The number of sulfonamides is 1. The van der Waals surface area contributed by atoms with Crippen LogP contribution in [0.5, 0.6) is 0 Å². The van der Waals surface area contributed by atoms with E-state index in [0.717, 1.165) is 0 Å². The van der Waals surface area contributed by atoms with Crippen LogP contribution in [0, 0.1) is 0 Å². The van der Waals surface area contributed by atoms with Gasteiger partial charge in [-0.2, -0.15) is 8.42 Å². The molecule has 0 unspecified atom stereocenters. The van der Waals surface area contributed by atoms with Crippen LogP contribution in [0.1, 0.15) is 15.9 Å². The van der Waals surface area contributed by atoms with Crippen molar-refractivity contribution >= 4 is 33.5 Å². The summed E-state index contributed by atoms with van der Waals surface area (Å²) < 4.78 is 34.2. The second-order valence-corrected chi connectivity index (χ2v) is 7.49. The second kappa shape index (κ2) is 8.16. The Hall–Kier alpha value is -2.96. The van der Waals surface area contributed by atoms with Gasteiger partial charge in [0.15, 0.2) is 0 Å². The van der Waals surface area contributed by atoms with Crippen LogP contribution in [0.3, 0.4) is 0 Å². The molecule has 0 atom stereocenters. The van der Waals surface area contributed by atoms with Crippen LogP contribution in [-0.4, -0.2) is 20.3 Å². The van der Waals surface area contributed by atoms with Gasteiger partial charge in [-0.05, 0) is 48.5 Å². The molecule has 0 heterocycles. The van der Waals surface area contributed by atoms with Crippen LogP contribution in [0.25, 0.3) is 0 Å². The minimum Gasteiger partial charge on any atom is -0.402 e. The Morgan fingerprint density at radius 3 is 1.93 bits per heavy atom. The third-order valence-electron chi connectivity index (χ3n) is 3.53. The van der Waals surface area contributed by atoms with E-state index < -0.39 is 16.0 Å². The monoisotopic (exact) mass is 399 g/mol. The Balaban J connectivity index is 1.99. The second-order valence-electron chi connectivity index (χ2n) is 5.45. The molecule has 0 aliphatic heterocycles. The predicted octanol–water partition coefficient (Wildman–Crippen LogP) is 4.33. The summed E-state index contributed by atoms with van der Waals surface area (Å²) in [6.45, 7) is 0. The first-order valence-electron chi connectivity index (χ1n) is 7.89. The molecule has 3 aromatic rings. The van der Waals surface area contributed by atoms with Gasteiger partial charge in [0.1, 0.15) is 0 Å². The molecule has 7 heteroatoms. The van der Waals surface area contributed by atoms with Crippen molar-refractivity contribution in [1.29, 1.82) is 0 Å². The van der Waals surface area contributed by atoms with E-state index in [2.05, 4.69) is 4.40 Å². The normalized spacial score (nSPS) is 11.8. The minimum atomic E-state index is -4.05. The van der Waals surface area contributed by atoms with Gasteiger partial charge >= 0.3 is 5.97 Å². The summed E-state index contributed by atoms with van der Waals surface area (Å²) in [4.78, 5) is 12.4. The number of carbonyl (C=O) groups excluding carboxylic acids is 1. The zero-order chi connectivity index (χ0) is 19.3. The molecule has 0 saturated carbocycles. The smallest absolute Gasteiger partial charge is 0.344 e. The highest BCUT2D eigenvalue weighted by Crippen LogP contribution is 2.16. The molecule has 5 nitrogen and oxygen atoms in total. The zero-order valence-corrected chi connectivity index (χ0v) is 15.5. The van der Waals surface area contributed by atoms with Crippen LogP contribution in [0.4, 0.5) is 0 Å². The van der Waals surface area contributed by atoms with Crippen LogP contribution in [-0.2, 0) is 14.8 Å². The van der Waals surface area contributed by atoms with Gasteiger partial charge in [-0.1, -0.05) is 48.0 Å². The van der Waals surface area contributed by atoms with Crippen LogP contribution >= 0.6 is 11.6 Å². The Kier molecular flexibility index (Phi) is 5.69. The highest BCUT2D eigenvalue weighted by Gasteiger charge is 2.19. The van der Waals surface area contributed by atoms with Crippen molar-refractivity contribution in [3.8, 4) is 0 Å². The lowest BCUT2D eigenvalue weighted by Crippen LogP contribution is -2.16. The van der Waals surface area contributed by atoms with Gasteiger partial charge in [0.05, 0.1) is 10.5 Å². The van der Waals surface area contributed by atoms with E-state index in [1.165, 1.54) is 36.4 Å². The van der Waals surface area contributed by atoms with Crippen LogP contribution in [0.15, 0.2) is 94.2 Å². The standard InChI is InChI=1S/C20H14ClNO4S/c21-17-13-11-16(12-14-17)20(23)26-19(15-7-3-1-4-8-15)22-27(24,25)18-9-5-2-6-10-18/h1-14H/b22-19+. The molecular weight excluding hydrogens is 386 g/mol. The Bertz CT molecular complexity index is 1060. The molecular formula is C20H14ClNO4S. The molecule has 27 heavy (non-hydrogen) atoms. The molecule has 3 rings (SSSR count). The molecule has 136 valence electrons. The van der Waals surface area contributed by atoms with Crippen molar-refractivity contribution in [1.82, 2.24) is 0 Å². The first kappa shape index (κ1) is 18.8. The molecule has 0 aliphatic carbocycles. The summed E-state index contributed by atoms with van der Waals surface area (Å²) >= 11 is 5.82. The number of esters is 1. The summed E-state index contributed by atoms with van der Waals surface area (Å²) in [5, 5.41) is 0.468. The number of nitrogens with zero attached hydrogens (tertiary/aromatic N) is 1. The number of hydrogen-bond donors (Lipinski definition) is 0. The number of benzene rings is 3. The summed E-state index contributed by atoms with van der Waals surface area (Å²) in [6.07, 6.45) is 0. The molecule has 3 aromatic carbocycles. The van der Waals surface area contributed by atoms with Gasteiger partial charge in [0.2, 0.25) is 5.90 Å². The lowest BCUT2D eigenvalue weighted by Gasteiger charge is -2.08. The molecule has 0 radical (unpaired) electrons. The number of rotatable bonds is 4. The van der Waals surface area contributed by atoms with Gasteiger partial charge in [0, 0.05) is 10.6 Å². The van der Waals surface area contributed by atoms with E-state index >= 15 is 0 Å². The van der Waals surface area contributed by atoms with Crippen molar-refractivity contribution in [3.63, 3.8) is 0 Å². The minimum absolute atomic E-state index is 0.000901. The van der Waals surface area contributed by atoms with E-state index in [1.54, 1.807) is 48.5 Å². The summed E-state index contributed by atoms with van der Waals surface area (Å²) in [5.74, 6) is -1.04. The van der Waals surface area contributed by atoms with Gasteiger partial charge in [-0.3, -0.25) is 0 Å². The van der Waals surface area contributed by atoms with Gasteiger partial charge in [0.25, 0.3) is 10.0 Å². The molecule has 0 saturated heterocycles. The zero-order valence-electron chi connectivity index (χ0n) is 13.9. The molecule has 0 aromatic heterocycles. The highest BCUT2D eigenvalue weighted by atomic mass is 35.5. The highest BCUT2D eigenvalue weighted by molar-refractivity contribution is 7.90. The number of carbonyl (C=O) groups is 1. The topological polar surface area (TPSA) is 72.8 Å². The van der Waals surface area contributed by atoms with E-state index in [9.17, 15) is 13.2 Å². The summed E-state index contributed by atoms with van der Waals surface area (Å²) in [7, 11) is -4.05. The largest absolute Gasteiger partial charge is 0.402 e. The van der Waals surface area contributed by atoms with Crippen LogP contribution in [0.2, 0.25) is 5.02 Å². The van der Waals surface area contributed by atoms with E-state index in [4.69, 9.17) is 16.3 Å². The fourth-order valence-electron chi connectivity index (χ4n) is 2.20. The maximum Gasteiger partial charge on any atom is 0.344 e. The fraction of sp³-hybridized carbons (Fsp3) is 0. The average Bonchev–Trinajstić information content (AvgIpc) is 2.69. The average molecular weight is 400 g/mol. The summed E-state index contributed by atoms with van der Waals surface area (Å²) in [5.41, 5.74) is 0.583. The van der Waals surface area contributed by atoms with Gasteiger partial charge < -0.3 is 4.74 Å². The van der Waals surface area contributed by atoms with E-state index in [1.807, 2.05) is 0 Å². The van der Waals surface area contributed by atoms with Crippen LogP contribution < -0.4 is 0 Å².